The van der Waals surface area contributed by atoms with Crippen LogP contribution in [-0.2, 0) is 9.59 Å². The molecule has 4 aliphatic rings. The lowest BCUT2D eigenvalue weighted by atomic mass is 9.50. The van der Waals surface area contributed by atoms with Gasteiger partial charge in [-0.2, -0.15) is 0 Å². The molecule has 0 heterocycles. The van der Waals surface area contributed by atoms with Gasteiger partial charge in [0.1, 0.15) is 5.78 Å². The molecule has 0 aromatic rings. The third kappa shape index (κ3) is 1.84. The number of hydrogen-bond donors (Lipinski definition) is 1. The molecule has 3 nitrogen and oxygen atoms in total. The quantitative estimate of drug-likeness (QED) is 0.810. The van der Waals surface area contributed by atoms with Crippen molar-refractivity contribution in [2.45, 2.75) is 64.4 Å². The first-order valence-corrected chi connectivity index (χ1v) is 9.01. The normalized spacial score (nSPS) is 47.5. The fourth-order valence-electron chi connectivity index (χ4n) is 6.43. The first-order valence-electron chi connectivity index (χ1n) is 9.01. The molecule has 0 saturated heterocycles. The third-order valence-corrected chi connectivity index (χ3v) is 7.36. The van der Waals surface area contributed by atoms with Crippen LogP contribution in [0.5, 0.6) is 0 Å². The summed E-state index contributed by atoms with van der Waals surface area (Å²) in [6.45, 7) is 2.12. The van der Waals surface area contributed by atoms with E-state index in [0.717, 1.165) is 32.1 Å². The largest absolute Gasteiger partial charge is 0.393 e. The van der Waals surface area contributed by atoms with E-state index < -0.39 is 0 Å². The Kier molecular flexibility index (Phi) is 3.34. The molecule has 120 valence electrons. The predicted molar refractivity (Wildman–Crippen MR) is 83.1 cm³/mol. The Labute approximate surface area is 132 Å². The maximum absolute atomic E-state index is 12.5. The van der Waals surface area contributed by atoms with Gasteiger partial charge in [0.2, 0.25) is 0 Å². The summed E-state index contributed by atoms with van der Waals surface area (Å²) in [5, 5.41) is 10.9. The molecule has 0 aromatic heterocycles. The molecule has 4 rings (SSSR count). The van der Waals surface area contributed by atoms with E-state index in [0.29, 0.717) is 42.8 Å². The molecule has 3 heteroatoms. The van der Waals surface area contributed by atoms with Crippen LogP contribution in [0.25, 0.3) is 0 Å². The number of hydrogen-bond acceptors (Lipinski definition) is 3. The van der Waals surface area contributed by atoms with Gasteiger partial charge < -0.3 is 5.11 Å². The van der Waals surface area contributed by atoms with Gasteiger partial charge >= 0.3 is 0 Å². The van der Waals surface area contributed by atoms with E-state index in [9.17, 15) is 14.7 Å². The van der Waals surface area contributed by atoms with Gasteiger partial charge in [0.15, 0.2) is 5.78 Å². The van der Waals surface area contributed by atoms with Gasteiger partial charge in [0.25, 0.3) is 0 Å². The molecule has 3 unspecified atom stereocenters. The Bertz CT molecular complexity index is 549. The van der Waals surface area contributed by atoms with E-state index in [4.69, 9.17) is 0 Å². The first kappa shape index (κ1) is 14.6. The molecule has 1 N–H and O–H groups in total. The van der Waals surface area contributed by atoms with Gasteiger partial charge in [-0.25, -0.2) is 0 Å². The highest BCUT2D eigenvalue weighted by Crippen LogP contribution is 2.61. The van der Waals surface area contributed by atoms with Gasteiger partial charge in [-0.15, -0.1) is 0 Å². The van der Waals surface area contributed by atoms with E-state index in [1.165, 1.54) is 5.57 Å². The second-order valence-corrected chi connectivity index (χ2v) is 7.96. The standard InChI is InChI=1S/C19H26O3/c1-2-19-10-16(21)18-13-6-4-12(20)9-11(13)3-5-14(18)15(19)7-8-17(19)22/h9,13-16,18,21H,2-8,10H2,1H3/t13?,14?,15?,16-,18+,19+/m1/s1. The van der Waals surface area contributed by atoms with Crippen LogP contribution in [0, 0.1) is 29.1 Å². The molecule has 3 fully saturated rings. The van der Waals surface area contributed by atoms with Crippen LogP contribution in [-0.4, -0.2) is 22.8 Å². The Hall–Kier alpha value is -0.960. The zero-order valence-corrected chi connectivity index (χ0v) is 13.4. The summed E-state index contributed by atoms with van der Waals surface area (Å²) in [5.74, 6) is 2.27. The monoisotopic (exact) mass is 302 g/mol. The Morgan fingerprint density at radius 1 is 1.18 bits per heavy atom. The number of aliphatic hydroxyl groups excluding tert-OH is 1. The van der Waals surface area contributed by atoms with Crippen molar-refractivity contribution in [1.29, 1.82) is 0 Å². The molecule has 22 heavy (non-hydrogen) atoms. The average molecular weight is 302 g/mol. The first-order chi connectivity index (χ1) is 10.6. The highest BCUT2D eigenvalue weighted by molar-refractivity contribution is 5.91. The van der Waals surface area contributed by atoms with Crippen molar-refractivity contribution in [2.24, 2.45) is 29.1 Å². The van der Waals surface area contributed by atoms with Crippen LogP contribution in [0.1, 0.15) is 58.3 Å². The summed E-state index contributed by atoms with van der Waals surface area (Å²) in [5.41, 5.74) is 1.04. The molecule has 3 saturated carbocycles. The van der Waals surface area contributed by atoms with Crippen molar-refractivity contribution in [2.75, 3.05) is 0 Å². The smallest absolute Gasteiger partial charge is 0.155 e. The van der Waals surface area contributed by atoms with E-state index in [2.05, 4.69) is 6.92 Å². The molecule has 0 spiro atoms. The molecule has 4 aliphatic carbocycles. The van der Waals surface area contributed by atoms with E-state index in [1.54, 1.807) is 0 Å². The second kappa shape index (κ2) is 5.02. The number of rotatable bonds is 1. The van der Waals surface area contributed by atoms with Crippen molar-refractivity contribution in [3.8, 4) is 0 Å². The summed E-state index contributed by atoms with van der Waals surface area (Å²) < 4.78 is 0. The molecule has 0 amide bonds. The summed E-state index contributed by atoms with van der Waals surface area (Å²) in [6.07, 6.45) is 8.34. The van der Waals surface area contributed by atoms with Crippen molar-refractivity contribution in [1.82, 2.24) is 0 Å². The van der Waals surface area contributed by atoms with Crippen molar-refractivity contribution in [3.05, 3.63) is 11.6 Å². The van der Waals surface area contributed by atoms with Crippen LogP contribution >= 0.6 is 0 Å². The summed E-state index contributed by atoms with van der Waals surface area (Å²) in [4.78, 5) is 24.2. The van der Waals surface area contributed by atoms with Gasteiger partial charge in [-0.05, 0) is 68.3 Å². The fraction of sp³-hybridized carbons (Fsp3) is 0.789. The molecule has 0 radical (unpaired) electrons. The highest BCUT2D eigenvalue weighted by Gasteiger charge is 2.60. The molecular formula is C19H26O3. The van der Waals surface area contributed by atoms with Crippen LogP contribution in [0.2, 0.25) is 0 Å². The van der Waals surface area contributed by atoms with Crippen molar-refractivity contribution < 1.29 is 14.7 Å². The molecular weight excluding hydrogens is 276 g/mol. The third-order valence-electron chi connectivity index (χ3n) is 7.36. The number of carbonyl (C=O) groups is 2. The lowest BCUT2D eigenvalue weighted by Gasteiger charge is -2.54. The maximum atomic E-state index is 12.5. The Morgan fingerprint density at radius 2 is 2.00 bits per heavy atom. The minimum Gasteiger partial charge on any atom is -0.393 e. The summed E-state index contributed by atoms with van der Waals surface area (Å²) in [7, 11) is 0. The van der Waals surface area contributed by atoms with Gasteiger partial charge in [-0.3, -0.25) is 9.59 Å². The molecule has 0 bridgehead atoms. The van der Waals surface area contributed by atoms with E-state index in [-0.39, 0.29) is 23.2 Å². The summed E-state index contributed by atoms with van der Waals surface area (Å²) >= 11 is 0. The lowest BCUT2D eigenvalue weighted by Crippen LogP contribution is -2.54. The minimum absolute atomic E-state index is 0.244. The highest BCUT2D eigenvalue weighted by atomic mass is 16.3. The Balaban J connectivity index is 1.70. The molecule has 0 aliphatic heterocycles. The molecule has 0 aromatic carbocycles. The minimum atomic E-state index is -0.370. The van der Waals surface area contributed by atoms with Crippen molar-refractivity contribution >= 4 is 11.6 Å². The second-order valence-electron chi connectivity index (χ2n) is 7.96. The number of ketones is 2. The number of allylic oxidation sites excluding steroid dienone is 1. The van der Waals surface area contributed by atoms with Gasteiger partial charge in [0, 0.05) is 18.3 Å². The number of aliphatic hydroxyl groups is 1. The van der Waals surface area contributed by atoms with E-state index >= 15 is 0 Å². The SMILES string of the molecule is CC[C@]12C[C@@H](O)[C@H]3C4CCC(=O)C=C4CCC3C1CCC2=O. The van der Waals surface area contributed by atoms with Crippen LogP contribution in [0.4, 0.5) is 0 Å². The Morgan fingerprint density at radius 3 is 2.77 bits per heavy atom. The lowest BCUT2D eigenvalue weighted by molar-refractivity contribution is -0.143. The zero-order valence-electron chi connectivity index (χ0n) is 13.4. The number of carbonyl (C=O) groups excluding carboxylic acids is 2. The zero-order chi connectivity index (χ0) is 15.5. The van der Waals surface area contributed by atoms with Crippen LogP contribution in [0.3, 0.4) is 0 Å². The maximum Gasteiger partial charge on any atom is 0.155 e. The number of fused-ring (bicyclic) bond motifs is 5. The predicted octanol–water partition coefficient (Wildman–Crippen LogP) is 3.06. The van der Waals surface area contributed by atoms with Gasteiger partial charge in [-0.1, -0.05) is 12.5 Å². The summed E-state index contributed by atoms with van der Waals surface area (Å²) in [6, 6.07) is 0. The fourth-order valence-corrected chi connectivity index (χ4v) is 6.43. The van der Waals surface area contributed by atoms with Crippen LogP contribution < -0.4 is 0 Å². The topological polar surface area (TPSA) is 54.4 Å². The average Bonchev–Trinajstić information content (AvgIpc) is 2.84. The van der Waals surface area contributed by atoms with E-state index in [1.807, 2.05) is 6.08 Å². The van der Waals surface area contributed by atoms with Gasteiger partial charge in [0.05, 0.1) is 6.10 Å². The molecule has 6 atom stereocenters. The van der Waals surface area contributed by atoms with Crippen molar-refractivity contribution in [3.63, 3.8) is 0 Å². The van der Waals surface area contributed by atoms with Crippen LogP contribution in [0.15, 0.2) is 11.6 Å². The number of Topliss-reactive ketones (excluding diaryl/α,β-unsaturated/α-hetero) is 1.